The Bertz CT molecular complexity index is 508. The Labute approximate surface area is 107 Å². The van der Waals surface area contributed by atoms with E-state index in [1.807, 2.05) is 11.3 Å². The van der Waals surface area contributed by atoms with Gasteiger partial charge in [0.1, 0.15) is 0 Å². The molecular formula is C15H19NS. The summed E-state index contributed by atoms with van der Waals surface area (Å²) in [4.78, 5) is 0. The Morgan fingerprint density at radius 3 is 2.65 bits per heavy atom. The monoisotopic (exact) mass is 245 g/mol. The van der Waals surface area contributed by atoms with Crippen LogP contribution in [0.2, 0.25) is 0 Å². The molecule has 1 fully saturated rings. The van der Waals surface area contributed by atoms with Gasteiger partial charge in [-0.15, -0.1) is 11.3 Å². The molecule has 1 aromatic heterocycles. The van der Waals surface area contributed by atoms with Crippen molar-refractivity contribution < 1.29 is 0 Å². The van der Waals surface area contributed by atoms with Gasteiger partial charge in [-0.2, -0.15) is 0 Å². The Balaban J connectivity index is 2.12. The Hall–Kier alpha value is -0.860. The molecule has 1 aliphatic carbocycles. The molecule has 2 aromatic rings. The Kier molecular flexibility index (Phi) is 2.93. The summed E-state index contributed by atoms with van der Waals surface area (Å²) in [5, 5.41) is 7.44. The molecule has 0 atom stereocenters. The Morgan fingerprint density at radius 2 is 1.88 bits per heavy atom. The predicted molar refractivity (Wildman–Crippen MR) is 75.6 cm³/mol. The summed E-state index contributed by atoms with van der Waals surface area (Å²) >= 11 is 1.88. The van der Waals surface area contributed by atoms with E-state index < -0.39 is 0 Å². The van der Waals surface area contributed by atoms with Crippen molar-refractivity contribution in [3.05, 3.63) is 35.2 Å². The third-order valence-electron chi connectivity index (χ3n) is 4.18. The molecular weight excluding hydrogens is 226 g/mol. The van der Waals surface area contributed by atoms with Gasteiger partial charge in [-0.05, 0) is 42.3 Å². The summed E-state index contributed by atoms with van der Waals surface area (Å²) in [6, 6.07) is 8.80. The van der Waals surface area contributed by atoms with Crippen molar-refractivity contribution in [1.29, 1.82) is 0 Å². The highest BCUT2D eigenvalue weighted by Gasteiger charge is 2.33. The largest absolute Gasteiger partial charge is 0.310 e. The van der Waals surface area contributed by atoms with E-state index in [-0.39, 0.29) is 5.54 Å². The maximum absolute atomic E-state index is 3.62. The molecule has 3 rings (SSSR count). The highest BCUT2D eigenvalue weighted by Crippen LogP contribution is 2.42. The quantitative estimate of drug-likeness (QED) is 0.832. The van der Waals surface area contributed by atoms with Crippen LogP contribution in [-0.4, -0.2) is 7.05 Å². The minimum absolute atomic E-state index is 0.234. The highest BCUT2D eigenvalue weighted by atomic mass is 32.1. The van der Waals surface area contributed by atoms with Gasteiger partial charge in [0.2, 0.25) is 0 Å². The van der Waals surface area contributed by atoms with Crippen LogP contribution >= 0.6 is 11.3 Å². The van der Waals surface area contributed by atoms with Crippen LogP contribution in [0.4, 0.5) is 0 Å². The summed E-state index contributed by atoms with van der Waals surface area (Å²) in [7, 11) is 2.12. The molecule has 0 unspecified atom stereocenters. The van der Waals surface area contributed by atoms with Crippen molar-refractivity contribution in [2.24, 2.45) is 0 Å². The predicted octanol–water partition coefficient (Wildman–Crippen LogP) is 4.28. The summed E-state index contributed by atoms with van der Waals surface area (Å²) in [6.07, 6.45) is 6.66. The molecule has 1 heterocycles. The maximum atomic E-state index is 3.62. The molecule has 1 aromatic carbocycles. The second kappa shape index (κ2) is 4.43. The van der Waals surface area contributed by atoms with Gasteiger partial charge >= 0.3 is 0 Å². The molecule has 1 aliphatic rings. The average Bonchev–Trinajstić information content (AvgIpc) is 2.84. The number of benzene rings is 1. The van der Waals surface area contributed by atoms with E-state index in [1.165, 1.54) is 47.8 Å². The lowest BCUT2D eigenvalue weighted by Gasteiger charge is -2.37. The van der Waals surface area contributed by atoms with Gasteiger partial charge in [-0.1, -0.05) is 37.5 Å². The molecule has 1 nitrogen and oxygen atoms in total. The standard InChI is InChI=1S/C15H19NS/c1-16-15(9-5-2-6-10-15)13-11-17-14-8-4-3-7-12(13)14/h3-4,7-8,11,16H,2,5-6,9-10H2,1H3. The van der Waals surface area contributed by atoms with Crippen molar-refractivity contribution in [1.82, 2.24) is 5.32 Å². The topological polar surface area (TPSA) is 12.0 Å². The fourth-order valence-electron chi connectivity index (χ4n) is 3.16. The number of rotatable bonds is 2. The van der Waals surface area contributed by atoms with Crippen molar-refractivity contribution in [3.63, 3.8) is 0 Å². The first kappa shape index (κ1) is 11.2. The fourth-order valence-corrected chi connectivity index (χ4v) is 4.22. The van der Waals surface area contributed by atoms with E-state index in [2.05, 4.69) is 42.0 Å². The van der Waals surface area contributed by atoms with Crippen LogP contribution in [0.3, 0.4) is 0 Å². The van der Waals surface area contributed by atoms with Crippen LogP contribution in [0.15, 0.2) is 29.6 Å². The van der Waals surface area contributed by atoms with Gasteiger partial charge in [-0.25, -0.2) is 0 Å². The van der Waals surface area contributed by atoms with Crippen molar-refractivity contribution in [2.45, 2.75) is 37.6 Å². The molecule has 1 saturated carbocycles. The SMILES string of the molecule is CNC1(c2csc3ccccc23)CCCCC1. The fraction of sp³-hybridized carbons (Fsp3) is 0.467. The van der Waals surface area contributed by atoms with Gasteiger partial charge in [-0.3, -0.25) is 0 Å². The normalized spacial score (nSPS) is 19.6. The minimum atomic E-state index is 0.234. The van der Waals surface area contributed by atoms with Gasteiger partial charge in [0.15, 0.2) is 0 Å². The number of nitrogens with one attached hydrogen (secondary N) is 1. The molecule has 1 N–H and O–H groups in total. The summed E-state index contributed by atoms with van der Waals surface area (Å²) in [5.74, 6) is 0. The highest BCUT2D eigenvalue weighted by molar-refractivity contribution is 7.17. The number of fused-ring (bicyclic) bond motifs is 1. The van der Waals surface area contributed by atoms with E-state index in [0.29, 0.717) is 0 Å². The smallest absolute Gasteiger partial charge is 0.0446 e. The molecule has 0 amide bonds. The van der Waals surface area contributed by atoms with Crippen LogP contribution in [0.5, 0.6) is 0 Å². The number of hydrogen-bond donors (Lipinski definition) is 1. The van der Waals surface area contributed by atoms with E-state index in [0.717, 1.165) is 0 Å². The van der Waals surface area contributed by atoms with E-state index in [4.69, 9.17) is 0 Å². The van der Waals surface area contributed by atoms with Crippen molar-refractivity contribution in [2.75, 3.05) is 7.05 Å². The van der Waals surface area contributed by atoms with E-state index >= 15 is 0 Å². The Morgan fingerprint density at radius 1 is 1.12 bits per heavy atom. The molecule has 0 radical (unpaired) electrons. The molecule has 0 bridgehead atoms. The van der Waals surface area contributed by atoms with Crippen LogP contribution < -0.4 is 5.32 Å². The first-order valence-corrected chi connectivity index (χ1v) is 7.39. The molecule has 0 spiro atoms. The lowest BCUT2D eigenvalue weighted by molar-refractivity contribution is 0.253. The summed E-state index contributed by atoms with van der Waals surface area (Å²) < 4.78 is 1.42. The third kappa shape index (κ3) is 1.80. The van der Waals surface area contributed by atoms with Crippen molar-refractivity contribution >= 4 is 21.4 Å². The number of thiophene rings is 1. The lowest BCUT2D eigenvalue weighted by atomic mass is 9.76. The van der Waals surface area contributed by atoms with Crippen LogP contribution in [-0.2, 0) is 5.54 Å². The van der Waals surface area contributed by atoms with Crippen LogP contribution in [0, 0.1) is 0 Å². The van der Waals surface area contributed by atoms with E-state index in [1.54, 1.807) is 0 Å². The molecule has 0 saturated heterocycles. The maximum Gasteiger partial charge on any atom is 0.0446 e. The van der Waals surface area contributed by atoms with Gasteiger partial charge in [0, 0.05) is 10.2 Å². The minimum Gasteiger partial charge on any atom is -0.310 e. The average molecular weight is 245 g/mol. The zero-order valence-electron chi connectivity index (χ0n) is 10.3. The first-order valence-electron chi connectivity index (χ1n) is 6.51. The molecule has 2 heteroatoms. The summed E-state index contributed by atoms with van der Waals surface area (Å²) in [5.41, 5.74) is 1.76. The molecule has 0 aliphatic heterocycles. The molecule has 90 valence electrons. The van der Waals surface area contributed by atoms with Gasteiger partial charge in [0.05, 0.1) is 0 Å². The zero-order valence-corrected chi connectivity index (χ0v) is 11.1. The lowest BCUT2D eigenvalue weighted by Crippen LogP contribution is -2.41. The molecule has 17 heavy (non-hydrogen) atoms. The van der Waals surface area contributed by atoms with Gasteiger partial charge < -0.3 is 5.32 Å². The first-order chi connectivity index (χ1) is 8.36. The second-order valence-electron chi connectivity index (χ2n) is 5.04. The summed E-state index contributed by atoms with van der Waals surface area (Å²) in [6.45, 7) is 0. The van der Waals surface area contributed by atoms with Gasteiger partial charge in [0.25, 0.3) is 0 Å². The number of hydrogen-bond acceptors (Lipinski definition) is 2. The third-order valence-corrected chi connectivity index (χ3v) is 5.15. The second-order valence-corrected chi connectivity index (χ2v) is 5.95. The van der Waals surface area contributed by atoms with Crippen molar-refractivity contribution in [3.8, 4) is 0 Å². The van der Waals surface area contributed by atoms with E-state index in [9.17, 15) is 0 Å². The zero-order chi connectivity index (χ0) is 11.7. The van der Waals surface area contributed by atoms with Crippen LogP contribution in [0.1, 0.15) is 37.7 Å². The van der Waals surface area contributed by atoms with Crippen LogP contribution in [0.25, 0.3) is 10.1 Å².